The first-order chi connectivity index (χ1) is 19.5. The molecule has 0 spiro atoms. The van der Waals surface area contributed by atoms with Gasteiger partial charge in [-0.25, -0.2) is 9.69 Å². The number of imide groups is 2. The number of anilines is 2. The van der Waals surface area contributed by atoms with Gasteiger partial charge >= 0.3 is 6.03 Å². The Bertz CT molecular complexity index is 1600. The first-order valence-electron chi connectivity index (χ1n) is 12.3. The zero-order chi connectivity index (χ0) is 29.8. The maximum absolute atomic E-state index is 13.3. The number of hydrogen-bond acceptors (Lipinski definition) is 6. The smallest absolute Gasteiger partial charge is 0.335 e. The van der Waals surface area contributed by atoms with Crippen LogP contribution >= 0.6 is 34.8 Å². The summed E-state index contributed by atoms with van der Waals surface area (Å²) in [7, 11) is 0. The molecule has 3 aromatic carbocycles. The van der Waals surface area contributed by atoms with E-state index in [1.54, 1.807) is 37.3 Å². The summed E-state index contributed by atoms with van der Waals surface area (Å²) in [5.74, 6) is -1.87. The summed E-state index contributed by atoms with van der Waals surface area (Å²) in [6.07, 6.45) is 1.30. The van der Waals surface area contributed by atoms with Crippen molar-refractivity contribution in [1.29, 1.82) is 0 Å². The van der Waals surface area contributed by atoms with Gasteiger partial charge in [0.2, 0.25) is 0 Å². The molecular formula is C29H24Cl3N3O6. The summed E-state index contributed by atoms with van der Waals surface area (Å²) in [6.45, 7) is 5.32. The lowest BCUT2D eigenvalue weighted by Crippen LogP contribution is -2.54. The molecule has 1 fully saturated rings. The van der Waals surface area contributed by atoms with Crippen LogP contribution in [0.4, 0.5) is 16.2 Å². The fourth-order valence-corrected chi connectivity index (χ4v) is 4.48. The standard InChI is InChI=1S/C29H24Cl3N3O6/c1-4-40-24-12-17(11-23(32)26(24)41-14-25(36)33-18-6-8-21(30)22(31)13-18)10-20-27(37)34-29(39)35(28(20)38)19-7-5-15(2)16(3)9-19/h5-13H,4,14H2,1-3H3,(H,33,36)(H,34,37,39)/b20-10-. The maximum Gasteiger partial charge on any atom is 0.335 e. The summed E-state index contributed by atoms with van der Waals surface area (Å²) in [6, 6.07) is 11.8. The number of barbiturate groups is 1. The van der Waals surface area contributed by atoms with Gasteiger partial charge in [-0.2, -0.15) is 0 Å². The predicted octanol–water partition coefficient (Wildman–Crippen LogP) is 6.35. The van der Waals surface area contributed by atoms with E-state index in [0.29, 0.717) is 22.0 Å². The Hall–Kier alpha value is -4.05. The second kappa shape index (κ2) is 12.6. The fourth-order valence-electron chi connectivity index (χ4n) is 3.91. The third kappa shape index (κ3) is 6.82. The molecule has 212 valence electrons. The van der Waals surface area contributed by atoms with Gasteiger partial charge in [-0.1, -0.05) is 40.9 Å². The van der Waals surface area contributed by atoms with Crippen molar-refractivity contribution in [1.82, 2.24) is 5.32 Å². The number of rotatable bonds is 8. The number of nitrogens with zero attached hydrogens (tertiary/aromatic N) is 1. The first-order valence-corrected chi connectivity index (χ1v) is 13.4. The Morgan fingerprint density at radius 2 is 1.68 bits per heavy atom. The number of carbonyl (C=O) groups excluding carboxylic acids is 4. The molecule has 2 N–H and O–H groups in total. The van der Waals surface area contributed by atoms with Gasteiger partial charge in [0.1, 0.15) is 5.57 Å². The summed E-state index contributed by atoms with van der Waals surface area (Å²) < 4.78 is 11.3. The van der Waals surface area contributed by atoms with Crippen LogP contribution in [0.3, 0.4) is 0 Å². The van der Waals surface area contributed by atoms with Crippen LogP contribution in [0.5, 0.6) is 11.5 Å². The summed E-state index contributed by atoms with van der Waals surface area (Å²) in [5.41, 5.74) is 2.66. The predicted molar refractivity (Wildman–Crippen MR) is 158 cm³/mol. The van der Waals surface area contributed by atoms with Crippen molar-refractivity contribution in [3.63, 3.8) is 0 Å². The minimum Gasteiger partial charge on any atom is -0.490 e. The van der Waals surface area contributed by atoms with Gasteiger partial charge in [0.15, 0.2) is 18.1 Å². The van der Waals surface area contributed by atoms with E-state index in [0.717, 1.165) is 16.0 Å². The molecule has 1 aliphatic rings. The highest BCUT2D eigenvalue weighted by Crippen LogP contribution is 2.38. The van der Waals surface area contributed by atoms with Crippen LogP contribution in [0.2, 0.25) is 15.1 Å². The van der Waals surface area contributed by atoms with Crippen LogP contribution in [-0.4, -0.2) is 37.0 Å². The number of amides is 5. The number of benzene rings is 3. The lowest BCUT2D eigenvalue weighted by atomic mass is 10.0. The molecule has 0 radical (unpaired) electrons. The molecule has 9 nitrogen and oxygen atoms in total. The zero-order valence-electron chi connectivity index (χ0n) is 22.1. The monoisotopic (exact) mass is 615 g/mol. The number of ether oxygens (including phenoxy) is 2. The van der Waals surface area contributed by atoms with E-state index in [1.165, 1.54) is 24.3 Å². The van der Waals surface area contributed by atoms with Crippen molar-refractivity contribution in [2.45, 2.75) is 20.8 Å². The minimum atomic E-state index is -0.853. The van der Waals surface area contributed by atoms with Crippen molar-refractivity contribution < 1.29 is 28.7 Å². The summed E-state index contributed by atoms with van der Waals surface area (Å²) in [4.78, 5) is 51.9. The highest BCUT2D eigenvalue weighted by atomic mass is 35.5. The van der Waals surface area contributed by atoms with Crippen molar-refractivity contribution in [3.8, 4) is 11.5 Å². The van der Waals surface area contributed by atoms with Crippen LogP contribution in [0.1, 0.15) is 23.6 Å². The second-order valence-corrected chi connectivity index (χ2v) is 10.2. The van der Waals surface area contributed by atoms with Crippen molar-refractivity contribution >= 4 is 76.0 Å². The minimum absolute atomic E-state index is 0.0656. The van der Waals surface area contributed by atoms with Crippen LogP contribution in [0.15, 0.2) is 54.1 Å². The zero-order valence-corrected chi connectivity index (χ0v) is 24.4. The van der Waals surface area contributed by atoms with Crippen molar-refractivity contribution in [3.05, 3.63) is 85.9 Å². The third-order valence-corrected chi connectivity index (χ3v) is 7.06. The Morgan fingerprint density at radius 1 is 0.927 bits per heavy atom. The molecule has 5 amide bonds. The van der Waals surface area contributed by atoms with Crippen LogP contribution in [0.25, 0.3) is 6.08 Å². The van der Waals surface area contributed by atoms with E-state index in [1.807, 2.05) is 13.8 Å². The number of urea groups is 1. The van der Waals surface area contributed by atoms with E-state index in [2.05, 4.69) is 10.6 Å². The van der Waals surface area contributed by atoms with Gasteiger partial charge in [0.25, 0.3) is 17.7 Å². The average molecular weight is 617 g/mol. The number of nitrogens with one attached hydrogen (secondary N) is 2. The highest BCUT2D eigenvalue weighted by Gasteiger charge is 2.37. The molecule has 3 aromatic rings. The third-order valence-electron chi connectivity index (χ3n) is 6.04. The normalized spacial score (nSPS) is 14.2. The molecule has 0 bridgehead atoms. The Balaban J connectivity index is 1.58. The molecule has 1 saturated heterocycles. The fraction of sp³-hybridized carbons (Fsp3) is 0.172. The molecule has 0 atom stereocenters. The number of hydrogen-bond donors (Lipinski definition) is 2. The Labute approximate surface area is 251 Å². The van der Waals surface area contributed by atoms with E-state index in [-0.39, 0.29) is 33.7 Å². The van der Waals surface area contributed by atoms with E-state index >= 15 is 0 Å². The van der Waals surface area contributed by atoms with Crippen molar-refractivity contribution in [2.24, 2.45) is 0 Å². The second-order valence-electron chi connectivity index (χ2n) is 8.96. The van der Waals surface area contributed by atoms with E-state index in [9.17, 15) is 19.2 Å². The summed E-state index contributed by atoms with van der Waals surface area (Å²) >= 11 is 18.4. The highest BCUT2D eigenvalue weighted by molar-refractivity contribution is 6.42. The molecule has 12 heteroatoms. The topological polar surface area (TPSA) is 114 Å². The van der Waals surface area contributed by atoms with Crippen LogP contribution in [0, 0.1) is 13.8 Å². The molecule has 0 unspecified atom stereocenters. The van der Waals surface area contributed by atoms with E-state index in [4.69, 9.17) is 44.3 Å². The molecular weight excluding hydrogens is 593 g/mol. The molecule has 1 aliphatic heterocycles. The molecule has 41 heavy (non-hydrogen) atoms. The quantitative estimate of drug-likeness (QED) is 0.225. The summed E-state index contributed by atoms with van der Waals surface area (Å²) in [5, 5.41) is 5.53. The molecule has 0 aromatic heterocycles. The average Bonchev–Trinajstić information content (AvgIpc) is 2.90. The van der Waals surface area contributed by atoms with Gasteiger partial charge in [-0.3, -0.25) is 19.7 Å². The molecule has 4 rings (SSSR count). The van der Waals surface area contributed by atoms with Gasteiger partial charge in [-0.05, 0) is 86.0 Å². The first kappa shape index (κ1) is 29.9. The van der Waals surface area contributed by atoms with Gasteiger partial charge in [-0.15, -0.1) is 0 Å². The SMILES string of the molecule is CCOc1cc(/C=C2/C(=O)NC(=O)N(c3ccc(C)c(C)c3)C2=O)cc(Cl)c1OCC(=O)Nc1ccc(Cl)c(Cl)c1. The molecule has 0 saturated carbocycles. The Morgan fingerprint density at radius 3 is 2.37 bits per heavy atom. The van der Waals surface area contributed by atoms with Gasteiger partial charge in [0.05, 0.1) is 27.4 Å². The van der Waals surface area contributed by atoms with Crippen molar-refractivity contribution in [2.75, 3.05) is 23.4 Å². The molecule has 0 aliphatic carbocycles. The Kier molecular flexibility index (Phi) is 9.22. The lowest BCUT2D eigenvalue weighted by molar-refractivity contribution is -0.122. The number of carbonyl (C=O) groups is 4. The number of aryl methyl sites for hydroxylation is 2. The van der Waals surface area contributed by atoms with Crippen LogP contribution < -0.4 is 25.0 Å². The number of halogens is 3. The van der Waals surface area contributed by atoms with E-state index < -0.39 is 30.4 Å². The van der Waals surface area contributed by atoms with Crippen LogP contribution in [-0.2, 0) is 14.4 Å². The van der Waals surface area contributed by atoms with Gasteiger partial charge in [0, 0.05) is 5.69 Å². The largest absolute Gasteiger partial charge is 0.490 e. The maximum atomic E-state index is 13.3. The molecule has 1 heterocycles. The van der Waals surface area contributed by atoms with Gasteiger partial charge < -0.3 is 14.8 Å². The lowest BCUT2D eigenvalue weighted by Gasteiger charge is -2.27.